The van der Waals surface area contributed by atoms with Crippen molar-refractivity contribution in [2.75, 3.05) is 6.54 Å². The van der Waals surface area contributed by atoms with Crippen molar-refractivity contribution in [2.45, 2.75) is 51.6 Å². The molecule has 0 saturated heterocycles. The highest BCUT2D eigenvalue weighted by atomic mass is 19.1. The third-order valence-corrected chi connectivity index (χ3v) is 4.32. The van der Waals surface area contributed by atoms with E-state index in [1.54, 1.807) is 12.1 Å². The van der Waals surface area contributed by atoms with Gasteiger partial charge in [0.2, 0.25) is 5.91 Å². The first-order valence-electron chi connectivity index (χ1n) is 8.55. The summed E-state index contributed by atoms with van der Waals surface area (Å²) < 4.78 is 13.0. The molecule has 0 unspecified atom stereocenters. The average molecular weight is 335 g/mol. The van der Waals surface area contributed by atoms with E-state index >= 15 is 0 Å². The second-order valence-corrected chi connectivity index (χ2v) is 6.66. The molecule has 1 atom stereocenters. The summed E-state index contributed by atoms with van der Waals surface area (Å²) in [6.45, 7) is 4.07. The maximum Gasteiger partial charge on any atom is 0.321 e. The van der Waals surface area contributed by atoms with Gasteiger partial charge in [-0.25, -0.2) is 9.18 Å². The zero-order valence-corrected chi connectivity index (χ0v) is 14.3. The lowest BCUT2D eigenvalue weighted by Gasteiger charge is -2.23. The topological polar surface area (TPSA) is 70.2 Å². The lowest BCUT2D eigenvalue weighted by atomic mass is 9.96. The molecule has 132 valence electrons. The first-order valence-corrected chi connectivity index (χ1v) is 8.55. The molecule has 0 bridgehead atoms. The third-order valence-electron chi connectivity index (χ3n) is 4.32. The van der Waals surface area contributed by atoms with Crippen LogP contribution in [0.4, 0.5) is 9.18 Å². The summed E-state index contributed by atoms with van der Waals surface area (Å²) in [6.07, 6.45) is 4.18. The number of benzene rings is 1. The van der Waals surface area contributed by atoms with E-state index in [1.165, 1.54) is 12.1 Å². The van der Waals surface area contributed by atoms with Crippen LogP contribution in [0.15, 0.2) is 24.3 Å². The van der Waals surface area contributed by atoms with Crippen LogP contribution >= 0.6 is 0 Å². The Morgan fingerprint density at radius 2 is 1.79 bits per heavy atom. The van der Waals surface area contributed by atoms with Crippen molar-refractivity contribution >= 4 is 11.9 Å². The highest BCUT2D eigenvalue weighted by molar-refractivity contribution is 5.95. The van der Waals surface area contributed by atoms with Gasteiger partial charge in [0.1, 0.15) is 5.82 Å². The van der Waals surface area contributed by atoms with E-state index in [-0.39, 0.29) is 36.3 Å². The summed E-state index contributed by atoms with van der Waals surface area (Å²) in [5.74, 6) is -0.448. The molecule has 0 spiro atoms. The van der Waals surface area contributed by atoms with E-state index in [2.05, 4.69) is 16.0 Å². The first kappa shape index (κ1) is 18.4. The predicted molar refractivity (Wildman–Crippen MR) is 90.9 cm³/mol. The fourth-order valence-corrected chi connectivity index (χ4v) is 3.07. The molecule has 0 aromatic heterocycles. The summed E-state index contributed by atoms with van der Waals surface area (Å²) >= 11 is 0. The number of amides is 3. The van der Waals surface area contributed by atoms with Crippen LogP contribution in [0.1, 0.15) is 51.1 Å². The van der Waals surface area contributed by atoms with E-state index in [9.17, 15) is 14.0 Å². The Balaban J connectivity index is 1.81. The molecule has 2 rings (SSSR count). The normalized spacial score (nSPS) is 16.2. The van der Waals surface area contributed by atoms with Gasteiger partial charge in [-0.3, -0.25) is 10.1 Å². The average Bonchev–Trinajstić information content (AvgIpc) is 3.01. The van der Waals surface area contributed by atoms with Gasteiger partial charge >= 0.3 is 6.03 Å². The van der Waals surface area contributed by atoms with Crippen molar-refractivity contribution in [3.63, 3.8) is 0 Å². The van der Waals surface area contributed by atoms with Crippen LogP contribution in [0.3, 0.4) is 0 Å². The van der Waals surface area contributed by atoms with Gasteiger partial charge in [0.15, 0.2) is 0 Å². The zero-order chi connectivity index (χ0) is 17.5. The number of carbonyl (C=O) groups is 2. The van der Waals surface area contributed by atoms with Crippen LogP contribution in [0, 0.1) is 11.7 Å². The van der Waals surface area contributed by atoms with Crippen molar-refractivity contribution in [1.29, 1.82) is 0 Å². The Bertz CT molecular complexity index is 554. The lowest BCUT2D eigenvalue weighted by Crippen LogP contribution is -2.46. The number of imide groups is 1. The molecule has 5 nitrogen and oxygen atoms in total. The summed E-state index contributed by atoms with van der Waals surface area (Å²) in [5, 5.41) is 8.31. The summed E-state index contributed by atoms with van der Waals surface area (Å²) in [5.41, 5.74) is 0.912. The number of hydrogen-bond donors (Lipinski definition) is 3. The quantitative estimate of drug-likeness (QED) is 0.749. The minimum Gasteiger partial charge on any atom is -0.335 e. The molecule has 1 aromatic rings. The van der Waals surface area contributed by atoms with Gasteiger partial charge in [-0.1, -0.05) is 38.8 Å². The highest BCUT2D eigenvalue weighted by Crippen LogP contribution is 2.21. The van der Waals surface area contributed by atoms with Gasteiger partial charge in [-0.2, -0.15) is 0 Å². The van der Waals surface area contributed by atoms with Crippen molar-refractivity contribution < 1.29 is 14.0 Å². The molecule has 3 N–H and O–H groups in total. The molecule has 3 amide bonds. The number of rotatable bonds is 6. The van der Waals surface area contributed by atoms with Crippen molar-refractivity contribution in [2.24, 2.45) is 5.92 Å². The van der Waals surface area contributed by atoms with Crippen LogP contribution in [0.25, 0.3) is 0 Å². The van der Waals surface area contributed by atoms with E-state index < -0.39 is 6.03 Å². The number of halogens is 1. The van der Waals surface area contributed by atoms with Gasteiger partial charge in [0.05, 0.1) is 6.54 Å². The Morgan fingerprint density at radius 3 is 2.38 bits per heavy atom. The first-order chi connectivity index (χ1) is 11.5. The molecule has 1 aromatic carbocycles. The molecular weight excluding hydrogens is 309 g/mol. The molecule has 0 aliphatic heterocycles. The van der Waals surface area contributed by atoms with Crippen LogP contribution in [-0.4, -0.2) is 24.5 Å². The monoisotopic (exact) mass is 335 g/mol. The smallest absolute Gasteiger partial charge is 0.321 e. The maximum atomic E-state index is 13.0. The molecule has 1 saturated carbocycles. The van der Waals surface area contributed by atoms with Gasteiger partial charge in [-0.05, 0) is 36.5 Å². The number of hydrogen-bond acceptors (Lipinski definition) is 3. The Morgan fingerprint density at radius 1 is 1.17 bits per heavy atom. The van der Waals surface area contributed by atoms with Crippen LogP contribution in [0.2, 0.25) is 0 Å². The molecule has 1 fully saturated rings. The lowest BCUT2D eigenvalue weighted by molar-refractivity contribution is -0.119. The van der Waals surface area contributed by atoms with Gasteiger partial charge in [0, 0.05) is 12.1 Å². The van der Waals surface area contributed by atoms with Crippen LogP contribution < -0.4 is 16.0 Å². The number of nitrogens with one attached hydrogen (secondary N) is 3. The molecule has 1 aliphatic rings. The largest absolute Gasteiger partial charge is 0.335 e. The standard InChI is InChI=1S/C18H26FN3O2/c1-12(2)17(13-7-9-14(19)10-8-13)20-11-16(23)22-18(24)21-15-5-3-4-6-15/h7-10,12,15,17,20H,3-6,11H2,1-2H3,(H2,21,22,23,24)/t17-/m1/s1. The Kier molecular flexibility index (Phi) is 6.73. The second-order valence-electron chi connectivity index (χ2n) is 6.66. The summed E-state index contributed by atoms with van der Waals surface area (Å²) in [6, 6.07) is 5.87. The zero-order valence-electron chi connectivity index (χ0n) is 14.3. The van der Waals surface area contributed by atoms with Gasteiger partial charge in [0.25, 0.3) is 0 Å². The van der Waals surface area contributed by atoms with Crippen LogP contribution in [0.5, 0.6) is 0 Å². The number of carbonyl (C=O) groups excluding carboxylic acids is 2. The van der Waals surface area contributed by atoms with Crippen molar-refractivity contribution in [3.05, 3.63) is 35.6 Å². The third kappa shape index (κ3) is 5.60. The molecule has 0 heterocycles. The predicted octanol–water partition coefficient (Wildman–Crippen LogP) is 2.88. The molecule has 0 radical (unpaired) electrons. The molecule has 1 aliphatic carbocycles. The summed E-state index contributed by atoms with van der Waals surface area (Å²) in [7, 11) is 0. The SMILES string of the molecule is CC(C)[C@@H](NCC(=O)NC(=O)NC1CCCC1)c1ccc(F)cc1. The van der Waals surface area contributed by atoms with E-state index in [4.69, 9.17) is 0 Å². The Hall–Kier alpha value is -1.95. The van der Waals surface area contributed by atoms with Crippen LogP contribution in [-0.2, 0) is 4.79 Å². The summed E-state index contributed by atoms with van der Waals surface area (Å²) in [4.78, 5) is 23.7. The highest BCUT2D eigenvalue weighted by Gasteiger charge is 2.20. The molecule has 24 heavy (non-hydrogen) atoms. The molecular formula is C18H26FN3O2. The van der Waals surface area contributed by atoms with E-state index in [0.717, 1.165) is 31.2 Å². The fraction of sp³-hybridized carbons (Fsp3) is 0.556. The second kappa shape index (κ2) is 8.78. The van der Waals surface area contributed by atoms with E-state index in [0.29, 0.717) is 0 Å². The fourth-order valence-electron chi connectivity index (χ4n) is 3.07. The van der Waals surface area contributed by atoms with Gasteiger partial charge in [-0.15, -0.1) is 0 Å². The van der Waals surface area contributed by atoms with Crippen molar-refractivity contribution in [1.82, 2.24) is 16.0 Å². The molecule has 6 heteroatoms. The van der Waals surface area contributed by atoms with Crippen molar-refractivity contribution in [3.8, 4) is 0 Å². The van der Waals surface area contributed by atoms with E-state index in [1.807, 2.05) is 13.8 Å². The Labute approximate surface area is 142 Å². The van der Waals surface area contributed by atoms with Gasteiger partial charge < -0.3 is 10.6 Å². The maximum absolute atomic E-state index is 13.0. The minimum absolute atomic E-state index is 0.0261. The minimum atomic E-state index is -0.434. The number of urea groups is 1.